The Bertz CT molecular complexity index is 898. The molecule has 0 radical (unpaired) electrons. The largest absolute Gasteiger partial charge is 0.495 e. The molecule has 4 heteroatoms. The van der Waals surface area contributed by atoms with Crippen molar-refractivity contribution in [2.24, 2.45) is 0 Å². The maximum absolute atomic E-state index is 11.5. The molecule has 1 N–H and O–H groups in total. The van der Waals surface area contributed by atoms with E-state index in [1.807, 2.05) is 78.2 Å². The first-order valence-corrected chi connectivity index (χ1v) is 9.69. The fourth-order valence-corrected chi connectivity index (χ4v) is 4.23. The van der Waals surface area contributed by atoms with Crippen LogP contribution in [0.1, 0.15) is 33.9 Å². The highest BCUT2D eigenvalue weighted by Gasteiger charge is 2.22. The molecule has 27 heavy (non-hydrogen) atoms. The monoisotopic (exact) mass is 378 g/mol. The van der Waals surface area contributed by atoms with Crippen LogP contribution in [-0.4, -0.2) is 18.2 Å². The van der Waals surface area contributed by atoms with Crippen LogP contribution in [0.4, 0.5) is 0 Å². The fraction of sp³-hybridized carbons (Fsp3) is 0.174. The summed E-state index contributed by atoms with van der Waals surface area (Å²) in [6.45, 7) is 0. The number of ether oxygens (including phenoxy) is 1. The second kappa shape index (κ2) is 9.19. The van der Waals surface area contributed by atoms with Gasteiger partial charge in [0, 0.05) is 21.7 Å². The molecule has 2 aromatic carbocycles. The summed E-state index contributed by atoms with van der Waals surface area (Å²) in [5.41, 5.74) is 3.19. The van der Waals surface area contributed by atoms with E-state index >= 15 is 0 Å². The number of rotatable bonds is 8. The van der Waals surface area contributed by atoms with Crippen molar-refractivity contribution in [2.75, 3.05) is 7.11 Å². The van der Waals surface area contributed by atoms with Gasteiger partial charge in [-0.25, -0.2) is 0 Å². The zero-order valence-electron chi connectivity index (χ0n) is 15.2. The predicted octanol–water partition coefficient (Wildman–Crippen LogP) is 5.73. The lowest BCUT2D eigenvalue weighted by Gasteiger charge is -2.15. The molecule has 0 amide bonds. The molecule has 1 heterocycles. The van der Waals surface area contributed by atoms with Crippen molar-refractivity contribution >= 4 is 29.5 Å². The summed E-state index contributed by atoms with van der Waals surface area (Å²) >= 11 is 1.57. The van der Waals surface area contributed by atoms with Crippen LogP contribution in [0.2, 0.25) is 0 Å². The highest BCUT2D eigenvalue weighted by atomic mass is 32.1. The van der Waals surface area contributed by atoms with Crippen molar-refractivity contribution in [1.29, 1.82) is 0 Å². The van der Waals surface area contributed by atoms with E-state index in [1.54, 1.807) is 18.4 Å². The summed E-state index contributed by atoms with van der Waals surface area (Å²) in [7, 11) is 1.65. The summed E-state index contributed by atoms with van der Waals surface area (Å²) in [5.74, 6) is -0.110. The highest BCUT2D eigenvalue weighted by molar-refractivity contribution is 7.10. The molecule has 1 aromatic heterocycles. The summed E-state index contributed by atoms with van der Waals surface area (Å²) in [6, 6.07) is 20.1. The van der Waals surface area contributed by atoms with Gasteiger partial charge in [0.05, 0.1) is 13.5 Å². The molecule has 0 saturated carbocycles. The number of hydrogen-bond acceptors (Lipinski definition) is 3. The van der Waals surface area contributed by atoms with E-state index in [2.05, 4.69) is 0 Å². The third-order valence-corrected chi connectivity index (χ3v) is 5.54. The molecule has 0 spiro atoms. The number of methoxy groups -OCH3 is 1. The molecular formula is C23H22O3S. The molecule has 3 rings (SSSR count). The SMILES string of the molecule is COc1csc(C(CC(=O)O)Cc2ccccc2)c1C=Cc1ccccc1. The Hall–Kier alpha value is -2.85. The lowest BCUT2D eigenvalue weighted by Crippen LogP contribution is -2.09. The van der Waals surface area contributed by atoms with Gasteiger partial charge >= 0.3 is 5.97 Å². The Morgan fingerprint density at radius 3 is 2.37 bits per heavy atom. The van der Waals surface area contributed by atoms with Gasteiger partial charge in [-0.3, -0.25) is 4.79 Å². The number of hydrogen-bond donors (Lipinski definition) is 1. The van der Waals surface area contributed by atoms with Crippen LogP contribution >= 0.6 is 11.3 Å². The maximum Gasteiger partial charge on any atom is 0.304 e. The maximum atomic E-state index is 11.5. The number of carboxylic acids is 1. The zero-order valence-corrected chi connectivity index (χ0v) is 16.0. The van der Waals surface area contributed by atoms with Crippen LogP contribution in [0.5, 0.6) is 5.75 Å². The van der Waals surface area contributed by atoms with E-state index in [4.69, 9.17) is 4.74 Å². The van der Waals surface area contributed by atoms with Gasteiger partial charge in [0.25, 0.3) is 0 Å². The molecule has 3 aromatic rings. The molecule has 0 fully saturated rings. The molecule has 3 nitrogen and oxygen atoms in total. The highest BCUT2D eigenvalue weighted by Crippen LogP contribution is 2.39. The van der Waals surface area contributed by atoms with E-state index in [-0.39, 0.29) is 12.3 Å². The van der Waals surface area contributed by atoms with E-state index in [9.17, 15) is 9.90 Å². The van der Waals surface area contributed by atoms with Gasteiger partial charge in [-0.2, -0.15) is 0 Å². The van der Waals surface area contributed by atoms with Crippen molar-refractivity contribution in [3.05, 3.63) is 87.6 Å². The first kappa shape index (κ1) is 18.9. The standard InChI is InChI=1S/C23H22O3S/c1-26-21-16-27-23(20(21)13-12-17-8-4-2-5-9-17)19(15-22(24)25)14-18-10-6-3-7-11-18/h2-13,16,19H,14-15H2,1H3,(H,24,25). The molecule has 0 saturated heterocycles. The van der Waals surface area contributed by atoms with Gasteiger partial charge in [-0.05, 0) is 23.6 Å². The van der Waals surface area contributed by atoms with E-state index in [0.29, 0.717) is 6.42 Å². The third-order valence-electron chi connectivity index (χ3n) is 4.40. The first-order chi connectivity index (χ1) is 13.2. The predicted molar refractivity (Wildman–Crippen MR) is 111 cm³/mol. The van der Waals surface area contributed by atoms with Gasteiger partial charge in [-0.1, -0.05) is 66.7 Å². The fourth-order valence-electron chi connectivity index (χ4n) is 3.11. The average molecular weight is 378 g/mol. The Balaban J connectivity index is 1.95. The minimum Gasteiger partial charge on any atom is -0.495 e. The van der Waals surface area contributed by atoms with Gasteiger partial charge in [0.2, 0.25) is 0 Å². The topological polar surface area (TPSA) is 46.5 Å². The number of benzene rings is 2. The van der Waals surface area contributed by atoms with Crippen LogP contribution < -0.4 is 4.74 Å². The number of carboxylic acid groups (broad SMARTS) is 1. The quantitative estimate of drug-likeness (QED) is 0.545. The Morgan fingerprint density at radius 1 is 1.07 bits per heavy atom. The average Bonchev–Trinajstić information content (AvgIpc) is 3.10. The summed E-state index contributed by atoms with van der Waals surface area (Å²) in [5, 5.41) is 11.4. The lowest BCUT2D eigenvalue weighted by atomic mass is 9.92. The molecular weight excluding hydrogens is 356 g/mol. The molecule has 0 aliphatic rings. The Labute approximate surface area is 163 Å². The van der Waals surface area contributed by atoms with Crippen molar-refractivity contribution < 1.29 is 14.6 Å². The Kier molecular flexibility index (Phi) is 6.44. The first-order valence-electron chi connectivity index (χ1n) is 8.81. The van der Waals surface area contributed by atoms with Crippen LogP contribution in [0.3, 0.4) is 0 Å². The minimum atomic E-state index is -0.790. The van der Waals surface area contributed by atoms with Crippen LogP contribution in [0.25, 0.3) is 12.2 Å². The van der Waals surface area contributed by atoms with Crippen LogP contribution in [-0.2, 0) is 11.2 Å². The smallest absolute Gasteiger partial charge is 0.304 e. The third kappa shape index (κ3) is 5.08. The van der Waals surface area contributed by atoms with Crippen molar-refractivity contribution in [1.82, 2.24) is 0 Å². The second-order valence-electron chi connectivity index (χ2n) is 6.31. The second-order valence-corrected chi connectivity index (χ2v) is 7.22. The summed E-state index contributed by atoms with van der Waals surface area (Å²) in [4.78, 5) is 12.5. The molecule has 0 aliphatic carbocycles. The lowest BCUT2D eigenvalue weighted by molar-refractivity contribution is -0.137. The zero-order chi connectivity index (χ0) is 19.1. The van der Waals surface area contributed by atoms with Gasteiger partial charge in [0.15, 0.2) is 0 Å². The summed E-state index contributed by atoms with van der Waals surface area (Å²) < 4.78 is 5.53. The summed E-state index contributed by atoms with van der Waals surface area (Å²) in [6.07, 6.45) is 4.84. The molecule has 0 bridgehead atoms. The number of thiophene rings is 1. The van der Waals surface area contributed by atoms with E-state index in [1.165, 1.54) is 0 Å². The van der Waals surface area contributed by atoms with Crippen molar-refractivity contribution in [3.8, 4) is 5.75 Å². The van der Waals surface area contributed by atoms with Crippen molar-refractivity contribution in [2.45, 2.75) is 18.8 Å². The Morgan fingerprint density at radius 2 is 1.74 bits per heavy atom. The molecule has 1 unspecified atom stereocenters. The van der Waals surface area contributed by atoms with E-state index in [0.717, 1.165) is 27.3 Å². The van der Waals surface area contributed by atoms with Gasteiger partial charge in [-0.15, -0.1) is 11.3 Å². The van der Waals surface area contributed by atoms with Crippen LogP contribution in [0, 0.1) is 0 Å². The van der Waals surface area contributed by atoms with Gasteiger partial charge in [0.1, 0.15) is 5.75 Å². The van der Waals surface area contributed by atoms with E-state index < -0.39 is 5.97 Å². The van der Waals surface area contributed by atoms with Crippen molar-refractivity contribution in [3.63, 3.8) is 0 Å². The van der Waals surface area contributed by atoms with Crippen LogP contribution in [0.15, 0.2) is 66.0 Å². The molecule has 138 valence electrons. The molecule has 0 aliphatic heterocycles. The number of aliphatic carboxylic acids is 1. The normalized spacial score (nSPS) is 12.2. The molecule has 1 atom stereocenters. The van der Waals surface area contributed by atoms with Gasteiger partial charge < -0.3 is 9.84 Å². The number of carbonyl (C=O) groups is 1. The minimum absolute atomic E-state index is 0.0880.